The summed E-state index contributed by atoms with van der Waals surface area (Å²) >= 11 is 0. The van der Waals surface area contributed by atoms with Gasteiger partial charge in [-0.25, -0.2) is 18.6 Å². The average molecular weight is 497 g/mol. The molecule has 0 amide bonds. The molecule has 0 atom stereocenters. The van der Waals surface area contributed by atoms with E-state index in [4.69, 9.17) is 4.98 Å². The molecule has 3 aromatic rings. The van der Waals surface area contributed by atoms with Crippen LogP contribution < -0.4 is 10.6 Å². The number of aromatic nitrogens is 6. The summed E-state index contributed by atoms with van der Waals surface area (Å²) in [6.45, 7) is 4.38. The zero-order valence-corrected chi connectivity index (χ0v) is 20.0. The number of anilines is 1. The molecule has 1 aliphatic heterocycles. The van der Waals surface area contributed by atoms with Crippen LogP contribution in [0.4, 0.5) is 14.6 Å². The minimum Gasteiger partial charge on any atom is -0.393 e. The molecule has 0 radical (unpaired) electrons. The van der Waals surface area contributed by atoms with Crippen LogP contribution in [0, 0.1) is 18.3 Å². The van der Waals surface area contributed by atoms with Crippen LogP contribution >= 0.6 is 0 Å². The Morgan fingerprint density at radius 3 is 2.58 bits per heavy atom. The van der Waals surface area contributed by atoms with Crippen molar-refractivity contribution < 1.29 is 13.9 Å². The summed E-state index contributed by atoms with van der Waals surface area (Å²) in [7, 11) is 1.59. The first-order valence-corrected chi connectivity index (χ1v) is 11.7. The number of halogens is 2. The van der Waals surface area contributed by atoms with Crippen LogP contribution in [0.25, 0.3) is 23.2 Å². The number of hydrogen-bond donors (Lipinski definition) is 1. The van der Waals surface area contributed by atoms with Crippen molar-refractivity contribution >= 4 is 23.1 Å². The van der Waals surface area contributed by atoms with Gasteiger partial charge in [-0.3, -0.25) is 13.7 Å². The van der Waals surface area contributed by atoms with Crippen molar-refractivity contribution in [1.29, 1.82) is 5.26 Å². The van der Waals surface area contributed by atoms with Crippen molar-refractivity contribution in [2.75, 3.05) is 18.0 Å². The number of hydrogen-bond acceptors (Lipinski definition) is 7. The topological polar surface area (TPSA) is 118 Å². The zero-order chi connectivity index (χ0) is 25.8. The van der Waals surface area contributed by atoms with E-state index >= 15 is 0 Å². The lowest BCUT2D eigenvalue weighted by Gasteiger charge is -2.39. The first kappa shape index (κ1) is 23.9. The Kier molecular flexibility index (Phi) is 5.75. The molecule has 4 heterocycles. The molecule has 2 aliphatic rings. The van der Waals surface area contributed by atoms with Crippen molar-refractivity contribution in [2.24, 2.45) is 7.05 Å². The molecule has 0 aromatic carbocycles. The third-order valence-corrected chi connectivity index (χ3v) is 6.92. The van der Waals surface area contributed by atoms with E-state index in [0.29, 0.717) is 53.8 Å². The molecular weight excluding hydrogens is 470 g/mol. The minimum absolute atomic E-state index is 0.149. The van der Waals surface area contributed by atoms with E-state index < -0.39 is 25.1 Å². The van der Waals surface area contributed by atoms with Gasteiger partial charge < -0.3 is 10.0 Å². The lowest BCUT2D eigenvalue weighted by Crippen LogP contribution is -2.56. The summed E-state index contributed by atoms with van der Waals surface area (Å²) in [4.78, 5) is 28.5. The van der Waals surface area contributed by atoms with Gasteiger partial charge in [-0.2, -0.15) is 15.2 Å². The van der Waals surface area contributed by atoms with E-state index in [1.54, 1.807) is 29.2 Å². The highest BCUT2D eigenvalue weighted by Gasteiger charge is 2.46. The standard InChI is InChI=1S/C24H26F2N8O2/c1-4-15(10-27)9-18-14(2)28-13-33(18)22-29-20(32-11-24(25,26)12-32)19-21(30-22)34(23(36)31(19)3)16-5-7-17(35)8-6-16/h4,9,13,16-17,35H,1,5-8,11-12H2,2-3H3. The smallest absolute Gasteiger partial charge is 0.330 e. The second-order valence-corrected chi connectivity index (χ2v) is 9.41. The van der Waals surface area contributed by atoms with Crippen molar-refractivity contribution in [3.63, 3.8) is 0 Å². The quantitative estimate of drug-likeness (QED) is 0.426. The van der Waals surface area contributed by atoms with Crippen molar-refractivity contribution in [2.45, 2.75) is 50.7 Å². The van der Waals surface area contributed by atoms with E-state index in [-0.39, 0.29) is 23.5 Å². The van der Waals surface area contributed by atoms with Gasteiger partial charge in [0.15, 0.2) is 11.5 Å². The lowest BCUT2D eigenvalue weighted by molar-refractivity contribution is -0.0265. The van der Waals surface area contributed by atoms with E-state index in [0.717, 1.165) is 0 Å². The molecule has 2 fully saturated rings. The Labute approximate surface area is 205 Å². The highest BCUT2D eigenvalue weighted by Crippen LogP contribution is 2.37. The largest absolute Gasteiger partial charge is 0.393 e. The van der Waals surface area contributed by atoms with Gasteiger partial charge in [-0.1, -0.05) is 12.7 Å². The van der Waals surface area contributed by atoms with Gasteiger partial charge in [-0.15, -0.1) is 0 Å². The van der Waals surface area contributed by atoms with Crippen LogP contribution in [-0.2, 0) is 7.05 Å². The molecule has 12 heteroatoms. The Bertz CT molecular complexity index is 1480. The maximum absolute atomic E-state index is 13.9. The fourth-order valence-electron chi connectivity index (χ4n) is 4.94. The Balaban J connectivity index is 1.75. The lowest BCUT2D eigenvalue weighted by atomic mass is 9.93. The number of nitrogens with zero attached hydrogens (tertiary/aromatic N) is 8. The van der Waals surface area contributed by atoms with E-state index in [9.17, 15) is 23.9 Å². The highest BCUT2D eigenvalue weighted by atomic mass is 19.3. The third kappa shape index (κ3) is 3.89. The molecule has 1 N–H and O–H groups in total. The Morgan fingerprint density at radius 2 is 1.97 bits per heavy atom. The van der Waals surface area contributed by atoms with E-state index in [1.807, 2.05) is 6.07 Å². The number of fused-ring (bicyclic) bond motifs is 1. The van der Waals surface area contributed by atoms with Crippen LogP contribution in [0.2, 0.25) is 0 Å². The van der Waals surface area contributed by atoms with E-state index in [1.165, 1.54) is 21.9 Å². The van der Waals surface area contributed by atoms with Crippen LogP contribution in [-0.4, -0.2) is 58.9 Å². The van der Waals surface area contributed by atoms with Gasteiger partial charge in [0.05, 0.1) is 42.2 Å². The van der Waals surface area contributed by atoms with Crippen LogP contribution in [0.3, 0.4) is 0 Å². The monoisotopic (exact) mass is 496 g/mol. The molecule has 1 saturated heterocycles. The number of rotatable bonds is 5. The Hall–Kier alpha value is -3.85. The van der Waals surface area contributed by atoms with Crippen LogP contribution in [0.15, 0.2) is 29.3 Å². The predicted molar refractivity (Wildman–Crippen MR) is 129 cm³/mol. The molecule has 1 saturated carbocycles. The normalized spacial score (nSPS) is 21.9. The molecule has 188 valence electrons. The summed E-state index contributed by atoms with van der Waals surface area (Å²) in [5, 5.41) is 19.3. The third-order valence-electron chi connectivity index (χ3n) is 6.92. The van der Waals surface area contributed by atoms with E-state index in [2.05, 4.69) is 16.5 Å². The van der Waals surface area contributed by atoms with Crippen molar-refractivity contribution in [3.05, 3.63) is 46.4 Å². The summed E-state index contributed by atoms with van der Waals surface area (Å²) in [5.74, 6) is -2.46. The molecule has 1 aliphatic carbocycles. The fraction of sp³-hybridized carbons (Fsp3) is 0.458. The first-order chi connectivity index (χ1) is 17.1. The van der Waals surface area contributed by atoms with Crippen molar-refractivity contribution in [1.82, 2.24) is 28.7 Å². The minimum atomic E-state index is -2.84. The van der Waals surface area contributed by atoms with Gasteiger partial charge >= 0.3 is 5.69 Å². The van der Waals surface area contributed by atoms with Crippen LogP contribution in [0.5, 0.6) is 0 Å². The molecular formula is C24H26F2N8O2. The van der Waals surface area contributed by atoms with Gasteiger partial charge in [0, 0.05) is 13.1 Å². The number of aryl methyl sites for hydroxylation is 2. The number of alkyl halides is 2. The summed E-state index contributed by atoms with van der Waals surface area (Å²) in [6, 6.07) is 1.86. The van der Waals surface area contributed by atoms with Gasteiger partial charge in [0.2, 0.25) is 5.95 Å². The fourth-order valence-corrected chi connectivity index (χ4v) is 4.94. The highest BCUT2D eigenvalue weighted by molar-refractivity contribution is 5.86. The van der Waals surface area contributed by atoms with Crippen LogP contribution in [0.1, 0.15) is 43.1 Å². The van der Waals surface area contributed by atoms with Gasteiger partial charge in [0.1, 0.15) is 11.8 Å². The summed E-state index contributed by atoms with van der Waals surface area (Å²) in [6.07, 6.45) is 6.42. The zero-order valence-electron chi connectivity index (χ0n) is 20.0. The molecule has 5 rings (SSSR count). The Morgan fingerprint density at radius 1 is 1.28 bits per heavy atom. The summed E-state index contributed by atoms with van der Waals surface area (Å²) in [5.41, 5.74) is 1.86. The molecule has 3 aromatic heterocycles. The molecule has 0 bridgehead atoms. The SMILES string of the molecule is C=CC(C#N)=Cc1c(C)ncn1-c1nc(N2CC(F)(F)C2)c2c(n1)n(C1CCC(O)CC1)c(=O)n2C. The second kappa shape index (κ2) is 8.67. The molecule has 10 nitrogen and oxygen atoms in total. The number of imidazole rings is 2. The maximum Gasteiger partial charge on any atom is 0.330 e. The molecule has 0 unspecified atom stereocenters. The predicted octanol–water partition coefficient (Wildman–Crippen LogP) is 2.65. The number of aliphatic hydroxyl groups is 1. The molecule has 0 spiro atoms. The van der Waals surface area contributed by atoms with Crippen molar-refractivity contribution in [3.8, 4) is 12.0 Å². The number of nitriles is 1. The number of allylic oxidation sites excluding steroid dienone is 2. The summed E-state index contributed by atoms with van der Waals surface area (Å²) < 4.78 is 32.3. The first-order valence-electron chi connectivity index (χ1n) is 11.7. The second-order valence-electron chi connectivity index (χ2n) is 9.41. The number of aliphatic hydroxyl groups excluding tert-OH is 1. The molecule has 36 heavy (non-hydrogen) atoms. The van der Waals surface area contributed by atoms with Gasteiger partial charge in [0.25, 0.3) is 5.92 Å². The maximum atomic E-state index is 13.9. The average Bonchev–Trinajstić information content (AvgIpc) is 3.32. The van der Waals surface area contributed by atoms with Gasteiger partial charge in [-0.05, 0) is 38.7 Å².